The Kier molecular flexibility index (Phi) is 5.16. The molecule has 0 saturated carbocycles. The Morgan fingerprint density at radius 2 is 1.77 bits per heavy atom. The molecule has 8 nitrogen and oxygen atoms in total. The molecule has 0 radical (unpaired) electrons. The highest BCUT2D eigenvalue weighted by atomic mass is 19.1. The number of urea groups is 1. The van der Waals surface area contributed by atoms with Crippen molar-refractivity contribution in [3.05, 3.63) is 84.3 Å². The Morgan fingerprint density at radius 1 is 1.00 bits per heavy atom. The molecule has 0 unspecified atom stereocenters. The summed E-state index contributed by atoms with van der Waals surface area (Å²) < 4.78 is 43.7. The van der Waals surface area contributed by atoms with Gasteiger partial charge in [0.05, 0.1) is 30.3 Å². The number of carbonyl (C=O) groups is 1. The van der Waals surface area contributed by atoms with E-state index in [2.05, 4.69) is 25.8 Å². The first-order valence-electron chi connectivity index (χ1n) is 8.70. The number of carbonyl (C=O) groups excluding carboxylic acids is 1. The molecule has 1 aromatic carbocycles. The molecule has 4 aromatic rings. The van der Waals surface area contributed by atoms with Crippen LogP contribution in [0.5, 0.6) is 0 Å². The largest absolute Gasteiger partial charge is 0.332 e. The van der Waals surface area contributed by atoms with E-state index in [1.165, 1.54) is 53.7 Å². The fourth-order valence-corrected chi connectivity index (χ4v) is 2.68. The standard InChI is InChI=1S/C19H14F3N7O/c20-14-3-1-4-15(21)17(14)28-8-6-12(27-28)9-24-19(30)26-13-10-25-29(11-13)18-16(22)5-2-7-23-18/h1-8,10-11H,9H2,(H2,24,26,30). The van der Waals surface area contributed by atoms with E-state index in [1.54, 1.807) is 0 Å². The molecule has 2 N–H and O–H groups in total. The molecule has 152 valence electrons. The van der Waals surface area contributed by atoms with Gasteiger partial charge in [-0.25, -0.2) is 32.3 Å². The van der Waals surface area contributed by atoms with E-state index in [1.807, 2.05) is 0 Å². The molecule has 30 heavy (non-hydrogen) atoms. The van der Waals surface area contributed by atoms with Gasteiger partial charge in [-0.05, 0) is 30.3 Å². The summed E-state index contributed by atoms with van der Waals surface area (Å²) in [6, 6.07) is 7.17. The fraction of sp³-hybridized carbons (Fsp3) is 0.0526. The summed E-state index contributed by atoms with van der Waals surface area (Å²) in [4.78, 5) is 16.0. The van der Waals surface area contributed by atoms with Crippen molar-refractivity contribution in [2.45, 2.75) is 6.54 Å². The highest BCUT2D eigenvalue weighted by Gasteiger charge is 2.13. The van der Waals surface area contributed by atoms with Gasteiger partial charge in [0.15, 0.2) is 23.3 Å². The van der Waals surface area contributed by atoms with Crippen LogP contribution in [0.25, 0.3) is 11.5 Å². The lowest BCUT2D eigenvalue weighted by atomic mass is 10.3. The SMILES string of the molecule is O=C(NCc1ccn(-c2c(F)cccc2F)n1)Nc1cnn(-c2ncccc2F)c1. The Bertz CT molecular complexity index is 1180. The van der Waals surface area contributed by atoms with E-state index in [0.717, 1.165) is 16.8 Å². The third-order valence-electron chi connectivity index (χ3n) is 4.04. The molecular formula is C19H14F3N7O. The van der Waals surface area contributed by atoms with Crippen LogP contribution in [0.2, 0.25) is 0 Å². The number of para-hydroxylation sites is 1. The minimum Gasteiger partial charge on any atom is -0.332 e. The number of hydrogen-bond acceptors (Lipinski definition) is 4. The number of rotatable bonds is 5. The topological polar surface area (TPSA) is 89.7 Å². The lowest BCUT2D eigenvalue weighted by Gasteiger charge is -2.05. The zero-order valence-corrected chi connectivity index (χ0v) is 15.3. The smallest absolute Gasteiger partial charge is 0.319 e. The molecule has 0 bridgehead atoms. The van der Waals surface area contributed by atoms with Crippen molar-refractivity contribution in [1.29, 1.82) is 0 Å². The Labute approximate surface area is 168 Å². The van der Waals surface area contributed by atoms with Gasteiger partial charge < -0.3 is 10.6 Å². The number of anilines is 1. The normalized spacial score (nSPS) is 10.8. The first kappa shape index (κ1) is 19.2. The molecule has 3 aromatic heterocycles. The molecule has 3 heterocycles. The quantitative estimate of drug-likeness (QED) is 0.526. The van der Waals surface area contributed by atoms with Gasteiger partial charge in [0, 0.05) is 12.4 Å². The van der Waals surface area contributed by atoms with Crippen molar-refractivity contribution in [3.8, 4) is 11.5 Å². The minimum atomic E-state index is -0.753. The average Bonchev–Trinajstić information content (AvgIpc) is 3.36. The fourth-order valence-electron chi connectivity index (χ4n) is 2.68. The predicted molar refractivity (Wildman–Crippen MR) is 101 cm³/mol. The second kappa shape index (κ2) is 8.07. The number of nitrogens with one attached hydrogen (secondary N) is 2. The van der Waals surface area contributed by atoms with Crippen LogP contribution in [-0.4, -0.2) is 30.6 Å². The van der Waals surface area contributed by atoms with Crippen LogP contribution in [0, 0.1) is 17.5 Å². The van der Waals surface area contributed by atoms with Crippen molar-refractivity contribution in [3.63, 3.8) is 0 Å². The third kappa shape index (κ3) is 3.99. The molecule has 0 saturated heterocycles. The molecule has 2 amide bonds. The molecule has 0 aliphatic rings. The number of pyridine rings is 1. The van der Waals surface area contributed by atoms with E-state index in [9.17, 15) is 18.0 Å². The van der Waals surface area contributed by atoms with Gasteiger partial charge in [-0.15, -0.1) is 0 Å². The molecule has 0 atom stereocenters. The summed E-state index contributed by atoms with van der Waals surface area (Å²) in [5, 5.41) is 13.1. The van der Waals surface area contributed by atoms with Crippen molar-refractivity contribution in [2.24, 2.45) is 0 Å². The zero-order valence-electron chi connectivity index (χ0n) is 15.3. The summed E-state index contributed by atoms with van der Waals surface area (Å²) in [5.41, 5.74) is 0.401. The minimum absolute atomic E-state index is 0.00289. The molecule has 0 aliphatic heterocycles. The van der Waals surface area contributed by atoms with E-state index in [0.29, 0.717) is 11.4 Å². The molecule has 4 rings (SSSR count). The molecule has 0 spiro atoms. The summed E-state index contributed by atoms with van der Waals surface area (Å²) >= 11 is 0. The number of benzene rings is 1. The predicted octanol–water partition coefficient (Wildman–Crippen LogP) is 3.19. The Hall–Kier alpha value is -4.15. The second-order valence-electron chi connectivity index (χ2n) is 6.11. The first-order chi connectivity index (χ1) is 14.5. The summed E-state index contributed by atoms with van der Waals surface area (Å²) in [6.07, 6.45) is 5.55. The van der Waals surface area contributed by atoms with Crippen LogP contribution < -0.4 is 10.6 Å². The molecular weight excluding hydrogens is 399 g/mol. The monoisotopic (exact) mass is 413 g/mol. The maximum Gasteiger partial charge on any atom is 0.319 e. The highest BCUT2D eigenvalue weighted by Crippen LogP contribution is 2.17. The van der Waals surface area contributed by atoms with Crippen LogP contribution >= 0.6 is 0 Å². The Balaban J connectivity index is 1.37. The van der Waals surface area contributed by atoms with Crippen LogP contribution in [0.4, 0.5) is 23.7 Å². The van der Waals surface area contributed by atoms with Crippen molar-refractivity contribution in [1.82, 2.24) is 29.9 Å². The van der Waals surface area contributed by atoms with E-state index < -0.39 is 23.5 Å². The first-order valence-corrected chi connectivity index (χ1v) is 8.70. The van der Waals surface area contributed by atoms with E-state index >= 15 is 0 Å². The third-order valence-corrected chi connectivity index (χ3v) is 4.04. The summed E-state index contributed by atoms with van der Waals surface area (Å²) in [7, 11) is 0. The summed E-state index contributed by atoms with van der Waals surface area (Å²) in [6.45, 7) is 0.0118. The average molecular weight is 413 g/mol. The second-order valence-corrected chi connectivity index (χ2v) is 6.11. The van der Waals surface area contributed by atoms with Crippen LogP contribution in [-0.2, 0) is 6.54 Å². The van der Waals surface area contributed by atoms with Crippen molar-refractivity contribution < 1.29 is 18.0 Å². The van der Waals surface area contributed by atoms with Gasteiger partial charge in [-0.2, -0.15) is 10.2 Å². The van der Waals surface area contributed by atoms with Crippen LogP contribution in [0.3, 0.4) is 0 Å². The van der Waals surface area contributed by atoms with Crippen molar-refractivity contribution >= 4 is 11.7 Å². The number of nitrogens with zero attached hydrogens (tertiary/aromatic N) is 5. The lowest BCUT2D eigenvalue weighted by Crippen LogP contribution is -2.28. The van der Waals surface area contributed by atoms with Gasteiger partial charge >= 0.3 is 6.03 Å². The van der Waals surface area contributed by atoms with Crippen LogP contribution in [0.15, 0.2) is 61.2 Å². The van der Waals surface area contributed by atoms with Gasteiger partial charge in [0.25, 0.3) is 0 Å². The van der Waals surface area contributed by atoms with Gasteiger partial charge in [0.1, 0.15) is 5.69 Å². The number of amides is 2. The number of aromatic nitrogens is 5. The van der Waals surface area contributed by atoms with Crippen LogP contribution in [0.1, 0.15) is 5.69 Å². The summed E-state index contributed by atoms with van der Waals surface area (Å²) in [5.74, 6) is -2.07. The van der Waals surface area contributed by atoms with Crippen molar-refractivity contribution in [2.75, 3.05) is 5.32 Å². The molecule has 0 fully saturated rings. The lowest BCUT2D eigenvalue weighted by molar-refractivity contribution is 0.251. The molecule has 11 heteroatoms. The highest BCUT2D eigenvalue weighted by molar-refractivity contribution is 5.88. The van der Waals surface area contributed by atoms with Gasteiger partial charge in [-0.3, -0.25) is 0 Å². The van der Waals surface area contributed by atoms with E-state index in [4.69, 9.17) is 0 Å². The van der Waals surface area contributed by atoms with E-state index in [-0.39, 0.29) is 18.1 Å². The maximum atomic E-state index is 13.8. The number of halogens is 3. The number of hydrogen-bond donors (Lipinski definition) is 2. The van der Waals surface area contributed by atoms with Gasteiger partial charge in [-0.1, -0.05) is 6.07 Å². The van der Waals surface area contributed by atoms with Gasteiger partial charge in [0.2, 0.25) is 0 Å². The Morgan fingerprint density at radius 3 is 2.53 bits per heavy atom. The maximum absolute atomic E-state index is 13.8. The zero-order chi connectivity index (χ0) is 21.1. The molecule has 0 aliphatic carbocycles.